The second kappa shape index (κ2) is 6.19. The van der Waals surface area contributed by atoms with Crippen LogP contribution in [0, 0.1) is 16.0 Å². The molecule has 1 fully saturated rings. The van der Waals surface area contributed by atoms with Crippen LogP contribution in [-0.2, 0) is 10.0 Å². The maximum atomic E-state index is 12.0. The SMILES string of the molecule is O=[N+]([O-])c1ccc(NS(=O)(=O)CC2CCNCC2)cc1. The zero-order valence-electron chi connectivity index (χ0n) is 10.9. The van der Waals surface area contributed by atoms with Crippen LogP contribution in [0.3, 0.4) is 0 Å². The molecule has 0 aliphatic carbocycles. The first-order valence-corrected chi connectivity index (χ1v) is 8.07. The summed E-state index contributed by atoms with van der Waals surface area (Å²) in [7, 11) is -3.41. The van der Waals surface area contributed by atoms with E-state index >= 15 is 0 Å². The Bertz CT molecular complexity index is 565. The molecule has 2 rings (SSSR count). The number of hydrogen-bond donors (Lipinski definition) is 2. The van der Waals surface area contributed by atoms with Crippen LogP contribution in [0.4, 0.5) is 11.4 Å². The molecule has 1 aromatic carbocycles. The van der Waals surface area contributed by atoms with E-state index in [1.807, 2.05) is 0 Å². The van der Waals surface area contributed by atoms with Gasteiger partial charge >= 0.3 is 0 Å². The van der Waals surface area contributed by atoms with Crippen molar-refractivity contribution >= 4 is 21.4 Å². The van der Waals surface area contributed by atoms with Crippen LogP contribution in [0.25, 0.3) is 0 Å². The van der Waals surface area contributed by atoms with E-state index in [4.69, 9.17) is 0 Å². The average Bonchev–Trinajstić information content (AvgIpc) is 2.39. The van der Waals surface area contributed by atoms with Crippen molar-refractivity contribution < 1.29 is 13.3 Å². The van der Waals surface area contributed by atoms with E-state index in [0.717, 1.165) is 25.9 Å². The second-order valence-electron chi connectivity index (χ2n) is 4.88. The Morgan fingerprint density at radius 2 is 1.85 bits per heavy atom. The monoisotopic (exact) mass is 299 g/mol. The molecule has 0 aromatic heterocycles. The number of benzene rings is 1. The molecule has 1 aliphatic rings. The lowest BCUT2D eigenvalue weighted by atomic mass is 10.0. The van der Waals surface area contributed by atoms with E-state index in [0.29, 0.717) is 5.69 Å². The predicted molar refractivity (Wildman–Crippen MR) is 76.1 cm³/mol. The molecule has 110 valence electrons. The van der Waals surface area contributed by atoms with Gasteiger partial charge in [0.05, 0.1) is 10.7 Å². The Balaban J connectivity index is 1.98. The third kappa shape index (κ3) is 4.17. The van der Waals surface area contributed by atoms with Crippen molar-refractivity contribution in [3.05, 3.63) is 34.4 Å². The number of sulfonamides is 1. The highest BCUT2D eigenvalue weighted by atomic mass is 32.2. The third-order valence-electron chi connectivity index (χ3n) is 3.27. The van der Waals surface area contributed by atoms with Crippen molar-refractivity contribution in [3.8, 4) is 0 Å². The van der Waals surface area contributed by atoms with Crippen LogP contribution in [0.5, 0.6) is 0 Å². The standard InChI is InChI=1S/C12H17N3O4S/c16-15(17)12-3-1-11(2-4-12)14-20(18,19)9-10-5-7-13-8-6-10/h1-4,10,13-14H,5-9H2. The highest BCUT2D eigenvalue weighted by Gasteiger charge is 2.21. The molecule has 1 saturated heterocycles. The van der Waals surface area contributed by atoms with Crippen molar-refractivity contribution in [1.82, 2.24) is 5.32 Å². The number of nitrogens with one attached hydrogen (secondary N) is 2. The fraction of sp³-hybridized carbons (Fsp3) is 0.500. The van der Waals surface area contributed by atoms with Crippen molar-refractivity contribution in [2.24, 2.45) is 5.92 Å². The summed E-state index contributed by atoms with van der Waals surface area (Å²) in [6.45, 7) is 1.69. The van der Waals surface area contributed by atoms with Crippen LogP contribution in [-0.4, -0.2) is 32.2 Å². The Kier molecular flexibility index (Phi) is 4.56. The Hall–Kier alpha value is -1.67. The average molecular weight is 299 g/mol. The molecule has 1 heterocycles. The molecule has 1 aromatic rings. The second-order valence-corrected chi connectivity index (χ2v) is 6.65. The molecule has 0 unspecified atom stereocenters. The summed E-state index contributed by atoms with van der Waals surface area (Å²) in [4.78, 5) is 10.0. The Morgan fingerprint density at radius 1 is 1.25 bits per heavy atom. The summed E-state index contributed by atoms with van der Waals surface area (Å²) in [5.41, 5.74) is 0.288. The summed E-state index contributed by atoms with van der Waals surface area (Å²) < 4.78 is 26.5. The van der Waals surface area contributed by atoms with Crippen molar-refractivity contribution in [2.75, 3.05) is 23.6 Å². The quantitative estimate of drug-likeness (QED) is 0.631. The summed E-state index contributed by atoms with van der Waals surface area (Å²) >= 11 is 0. The van der Waals surface area contributed by atoms with Crippen LogP contribution in [0.2, 0.25) is 0 Å². The third-order valence-corrected chi connectivity index (χ3v) is 4.72. The first-order chi connectivity index (χ1) is 9.46. The minimum absolute atomic E-state index is 0.0636. The zero-order valence-corrected chi connectivity index (χ0v) is 11.7. The molecule has 0 amide bonds. The van der Waals surface area contributed by atoms with E-state index < -0.39 is 14.9 Å². The van der Waals surface area contributed by atoms with E-state index in [2.05, 4.69) is 10.0 Å². The minimum Gasteiger partial charge on any atom is -0.317 e. The Labute approximate surface area is 117 Å². The van der Waals surface area contributed by atoms with Crippen LogP contribution >= 0.6 is 0 Å². The molecule has 7 nitrogen and oxygen atoms in total. The molecule has 1 aliphatic heterocycles. The fourth-order valence-electron chi connectivity index (χ4n) is 2.23. The van der Waals surface area contributed by atoms with Crippen LogP contribution in [0.15, 0.2) is 24.3 Å². The maximum Gasteiger partial charge on any atom is 0.269 e. The van der Waals surface area contributed by atoms with Gasteiger partial charge in [0.1, 0.15) is 0 Å². The topological polar surface area (TPSA) is 101 Å². The van der Waals surface area contributed by atoms with Gasteiger partial charge in [-0.1, -0.05) is 0 Å². The van der Waals surface area contributed by atoms with Gasteiger partial charge in [0.25, 0.3) is 5.69 Å². The molecule has 0 bridgehead atoms. The number of non-ortho nitro benzene ring substituents is 1. The van der Waals surface area contributed by atoms with E-state index in [1.54, 1.807) is 0 Å². The number of anilines is 1. The van der Waals surface area contributed by atoms with Gasteiger partial charge in [-0.2, -0.15) is 0 Å². The summed E-state index contributed by atoms with van der Waals surface area (Å²) in [6.07, 6.45) is 1.70. The lowest BCUT2D eigenvalue weighted by Crippen LogP contribution is -2.33. The summed E-state index contributed by atoms with van der Waals surface area (Å²) in [6, 6.07) is 5.36. The molecule has 2 N–H and O–H groups in total. The number of nitro groups is 1. The molecule has 20 heavy (non-hydrogen) atoms. The maximum absolute atomic E-state index is 12.0. The fourth-order valence-corrected chi connectivity index (χ4v) is 3.76. The molecule has 8 heteroatoms. The molecule has 0 radical (unpaired) electrons. The predicted octanol–water partition coefficient (Wildman–Crippen LogP) is 1.34. The van der Waals surface area contributed by atoms with Gasteiger partial charge < -0.3 is 5.32 Å². The molecule has 0 atom stereocenters. The van der Waals surface area contributed by atoms with Crippen LogP contribution < -0.4 is 10.0 Å². The van der Waals surface area contributed by atoms with Gasteiger partial charge in [0, 0.05) is 17.8 Å². The van der Waals surface area contributed by atoms with Crippen molar-refractivity contribution in [1.29, 1.82) is 0 Å². The zero-order chi connectivity index (χ0) is 14.6. The van der Waals surface area contributed by atoms with Gasteiger partial charge in [-0.25, -0.2) is 8.42 Å². The van der Waals surface area contributed by atoms with Crippen LogP contribution in [0.1, 0.15) is 12.8 Å². The van der Waals surface area contributed by atoms with Gasteiger partial charge in [0.15, 0.2) is 0 Å². The van der Waals surface area contributed by atoms with Gasteiger partial charge in [-0.15, -0.1) is 0 Å². The molecular formula is C12H17N3O4S. The first kappa shape index (κ1) is 14.7. The normalized spacial score (nSPS) is 16.8. The van der Waals surface area contributed by atoms with Crippen molar-refractivity contribution in [2.45, 2.75) is 12.8 Å². The van der Waals surface area contributed by atoms with E-state index in [1.165, 1.54) is 24.3 Å². The lowest BCUT2D eigenvalue weighted by molar-refractivity contribution is -0.384. The largest absolute Gasteiger partial charge is 0.317 e. The molecular weight excluding hydrogens is 282 g/mol. The molecule has 0 spiro atoms. The Morgan fingerprint density at radius 3 is 2.40 bits per heavy atom. The highest BCUT2D eigenvalue weighted by Crippen LogP contribution is 2.19. The minimum atomic E-state index is -3.41. The number of hydrogen-bond acceptors (Lipinski definition) is 5. The van der Waals surface area contributed by atoms with Gasteiger partial charge in [-0.3, -0.25) is 14.8 Å². The molecule has 0 saturated carbocycles. The summed E-state index contributed by atoms with van der Waals surface area (Å²) in [5.74, 6) is 0.248. The number of rotatable bonds is 5. The lowest BCUT2D eigenvalue weighted by Gasteiger charge is -2.22. The van der Waals surface area contributed by atoms with E-state index in [-0.39, 0.29) is 17.4 Å². The smallest absolute Gasteiger partial charge is 0.269 e. The first-order valence-electron chi connectivity index (χ1n) is 6.42. The van der Waals surface area contributed by atoms with Gasteiger partial charge in [0.2, 0.25) is 10.0 Å². The number of nitro benzene ring substituents is 1. The van der Waals surface area contributed by atoms with Crippen molar-refractivity contribution in [3.63, 3.8) is 0 Å². The number of piperidine rings is 1. The van der Waals surface area contributed by atoms with E-state index in [9.17, 15) is 18.5 Å². The number of nitrogens with zero attached hydrogens (tertiary/aromatic N) is 1. The summed E-state index contributed by atoms with van der Waals surface area (Å²) in [5, 5.41) is 13.7. The van der Waals surface area contributed by atoms with Gasteiger partial charge in [-0.05, 0) is 44.0 Å². The highest BCUT2D eigenvalue weighted by molar-refractivity contribution is 7.92.